The third kappa shape index (κ3) is 13.8. The second kappa shape index (κ2) is 21.0. The third-order valence-corrected chi connectivity index (χ3v) is 13.3. The van der Waals surface area contributed by atoms with E-state index in [0.717, 1.165) is 34.1 Å². The van der Waals surface area contributed by atoms with Gasteiger partial charge in [-0.2, -0.15) is 0 Å². The molecule has 2 atom stereocenters. The van der Waals surface area contributed by atoms with E-state index in [2.05, 4.69) is 71.9 Å². The number of ether oxygens (including phenoxy) is 2. The molecule has 2 unspecified atom stereocenters. The molecule has 0 radical (unpaired) electrons. The lowest BCUT2D eigenvalue weighted by molar-refractivity contribution is -0.275. The van der Waals surface area contributed by atoms with Crippen molar-refractivity contribution in [2.45, 2.75) is 159 Å². The Morgan fingerprint density at radius 2 is 0.814 bits per heavy atom. The molecule has 2 nitrogen and oxygen atoms in total. The minimum absolute atomic E-state index is 0.153. The number of hydrogen-bond acceptors (Lipinski definition) is 2. The molecule has 320 valence electrons. The summed E-state index contributed by atoms with van der Waals surface area (Å²) in [5.41, 5.74) is 6.58. The van der Waals surface area contributed by atoms with Crippen LogP contribution in [0.15, 0.2) is 97.1 Å². The SMILES string of the molecule is CCCCCC1CCC(c2ccc(C(Cc3ccc(OC(F)(F)F)cc3)C(Cc3ccc(C4CCC(CCCC)CC4)cc3)c3ccc(OC(F)(F)F)cc3)cc2)CC1. The average molecular weight is 821 g/mol. The van der Waals surface area contributed by atoms with Crippen LogP contribution in [0.3, 0.4) is 0 Å². The topological polar surface area (TPSA) is 18.5 Å². The van der Waals surface area contributed by atoms with Gasteiger partial charge in [0.25, 0.3) is 0 Å². The van der Waals surface area contributed by atoms with Gasteiger partial charge in [0.1, 0.15) is 11.5 Å². The normalized spacial score (nSPS) is 21.2. The predicted molar refractivity (Wildman–Crippen MR) is 225 cm³/mol. The number of rotatable bonds is 18. The number of alkyl halides is 6. The Morgan fingerprint density at radius 3 is 1.22 bits per heavy atom. The summed E-state index contributed by atoms with van der Waals surface area (Å²) < 4.78 is 87.1. The maximum absolute atomic E-state index is 13.2. The maximum Gasteiger partial charge on any atom is 0.573 e. The van der Waals surface area contributed by atoms with Gasteiger partial charge in [0.05, 0.1) is 0 Å². The van der Waals surface area contributed by atoms with Crippen LogP contribution in [0, 0.1) is 11.8 Å². The molecule has 2 aliphatic rings. The van der Waals surface area contributed by atoms with E-state index in [0.29, 0.717) is 24.7 Å². The summed E-state index contributed by atoms with van der Waals surface area (Å²) in [5, 5.41) is 0. The molecule has 0 aromatic heterocycles. The van der Waals surface area contributed by atoms with Crippen LogP contribution in [0.4, 0.5) is 26.3 Å². The molecule has 59 heavy (non-hydrogen) atoms. The standard InChI is InChI=1S/C51H62F6O2/c1-3-5-7-9-37-12-20-41(21-13-37)43-24-26-44(27-25-43)48(35-39-16-30-46(31-17-39)58-50(52,53)54)49(45-28-32-47(33-29-45)59-51(55,56)57)34-38-14-22-42(23-15-38)40-18-10-36(11-19-40)8-6-4-2/h14-17,22-33,36-37,40-41,48-49H,3-13,18-21,34-35H2,1-2H3. The molecule has 8 heteroatoms. The monoisotopic (exact) mass is 820 g/mol. The van der Waals surface area contributed by atoms with Crippen molar-refractivity contribution in [3.05, 3.63) is 130 Å². The maximum atomic E-state index is 13.2. The second-order valence-electron chi connectivity index (χ2n) is 17.4. The Hall–Kier alpha value is -3.94. The molecule has 0 spiro atoms. The first-order valence-electron chi connectivity index (χ1n) is 22.2. The Balaban J connectivity index is 1.28. The van der Waals surface area contributed by atoms with Crippen LogP contribution >= 0.6 is 0 Å². The largest absolute Gasteiger partial charge is 0.573 e. The number of hydrogen-bond donors (Lipinski definition) is 0. The molecular weight excluding hydrogens is 759 g/mol. The predicted octanol–water partition coefficient (Wildman–Crippen LogP) is 16.2. The van der Waals surface area contributed by atoms with Crippen LogP contribution in [0.25, 0.3) is 0 Å². The lowest BCUT2D eigenvalue weighted by Crippen LogP contribution is -2.19. The first-order valence-corrected chi connectivity index (χ1v) is 22.2. The molecule has 2 saturated carbocycles. The summed E-state index contributed by atoms with van der Waals surface area (Å²) in [6.45, 7) is 4.50. The molecular formula is C51H62F6O2. The van der Waals surface area contributed by atoms with E-state index in [1.807, 2.05) is 0 Å². The van der Waals surface area contributed by atoms with Gasteiger partial charge in [0.15, 0.2) is 0 Å². The van der Waals surface area contributed by atoms with Gasteiger partial charge in [0, 0.05) is 0 Å². The molecule has 2 fully saturated rings. The summed E-state index contributed by atoms with van der Waals surface area (Å²) in [7, 11) is 0. The highest BCUT2D eigenvalue weighted by atomic mass is 19.4. The zero-order valence-corrected chi connectivity index (χ0v) is 34.8. The Morgan fingerprint density at radius 1 is 0.458 bits per heavy atom. The molecule has 4 aromatic carbocycles. The van der Waals surface area contributed by atoms with Crippen molar-refractivity contribution in [1.82, 2.24) is 0 Å². The Labute approximate surface area is 348 Å². The van der Waals surface area contributed by atoms with Crippen LogP contribution < -0.4 is 9.47 Å². The minimum atomic E-state index is -4.81. The Kier molecular flexibility index (Phi) is 15.9. The van der Waals surface area contributed by atoms with Gasteiger partial charge < -0.3 is 9.47 Å². The lowest BCUT2D eigenvalue weighted by Gasteiger charge is -2.31. The number of benzene rings is 4. The van der Waals surface area contributed by atoms with Gasteiger partial charge in [-0.1, -0.05) is 132 Å². The van der Waals surface area contributed by atoms with E-state index in [4.69, 9.17) is 0 Å². The first-order chi connectivity index (χ1) is 28.4. The van der Waals surface area contributed by atoms with E-state index in [1.54, 1.807) is 24.3 Å². The molecule has 0 N–H and O–H groups in total. The van der Waals surface area contributed by atoms with Crippen LogP contribution in [0.1, 0.15) is 167 Å². The van der Waals surface area contributed by atoms with E-state index in [-0.39, 0.29) is 23.3 Å². The van der Waals surface area contributed by atoms with Crippen molar-refractivity contribution in [2.24, 2.45) is 11.8 Å². The molecule has 4 aromatic rings. The van der Waals surface area contributed by atoms with E-state index < -0.39 is 12.7 Å². The van der Waals surface area contributed by atoms with Crippen molar-refractivity contribution in [1.29, 1.82) is 0 Å². The van der Waals surface area contributed by atoms with Crippen molar-refractivity contribution >= 4 is 0 Å². The van der Waals surface area contributed by atoms with Crippen LogP contribution in [-0.4, -0.2) is 12.7 Å². The summed E-state index contributed by atoms with van der Waals surface area (Å²) in [6, 6.07) is 30.0. The molecule has 0 saturated heterocycles. The molecule has 6 rings (SSSR count). The number of unbranched alkanes of at least 4 members (excludes halogenated alkanes) is 3. The fourth-order valence-electron chi connectivity index (χ4n) is 9.92. The smallest absolute Gasteiger partial charge is 0.406 e. The van der Waals surface area contributed by atoms with Crippen molar-refractivity contribution < 1.29 is 35.8 Å². The summed E-state index contributed by atoms with van der Waals surface area (Å²) in [6.07, 6.45) is 10.3. The highest BCUT2D eigenvalue weighted by Crippen LogP contribution is 2.43. The minimum Gasteiger partial charge on any atom is -0.406 e. The Bertz CT molecular complexity index is 1800. The quantitative estimate of drug-likeness (QED) is 0.0735. The van der Waals surface area contributed by atoms with Crippen molar-refractivity contribution in [2.75, 3.05) is 0 Å². The zero-order chi connectivity index (χ0) is 41.8. The van der Waals surface area contributed by atoms with Gasteiger partial charge in [-0.25, -0.2) is 0 Å². The van der Waals surface area contributed by atoms with Gasteiger partial charge in [-0.15, -0.1) is 26.3 Å². The van der Waals surface area contributed by atoms with Gasteiger partial charge in [-0.3, -0.25) is 0 Å². The molecule has 2 aliphatic carbocycles. The summed E-state index contributed by atoms with van der Waals surface area (Å²) in [4.78, 5) is 0. The first kappa shape index (κ1) is 44.6. The molecule has 0 heterocycles. The average Bonchev–Trinajstić information content (AvgIpc) is 3.22. The third-order valence-electron chi connectivity index (χ3n) is 13.3. The molecule has 0 aliphatic heterocycles. The summed E-state index contributed by atoms with van der Waals surface area (Å²) in [5.74, 6) is 1.80. The fraction of sp³-hybridized carbons (Fsp3) is 0.529. The number of halogens is 6. The van der Waals surface area contributed by atoms with Gasteiger partial charge in [0.2, 0.25) is 0 Å². The van der Waals surface area contributed by atoms with Crippen LogP contribution in [-0.2, 0) is 12.8 Å². The highest BCUT2D eigenvalue weighted by molar-refractivity contribution is 5.39. The van der Waals surface area contributed by atoms with Crippen molar-refractivity contribution in [3.63, 3.8) is 0 Å². The second-order valence-corrected chi connectivity index (χ2v) is 17.4. The lowest BCUT2D eigenvalue weighted by atomic mass is 9.73. The highest BCUT2D eigenvalue weighted by Gasteiger charge is 2.33. The van der Waals surface area contributed by atoms with Gasteiger partial charge >= 0.3 is 12.7 Å². The van der Waals surface area contributed by atoms with Crippen LogP contribution in [0.5, 0.6) is 11.5 Å². The molecule has 0 bridgehead atoms. The van der Waals surface area contributed by atoms with E-state index in [1.165, 1.54) is 132 Å². The van der Waals surface area contributed by atoms with Crippen LogP contribution in [0.2, 0.25) is 0 Å². The zero-order valence-electron chi connectivity index (χ0n) is 34.8. The van der Waals surface area contributed by atoms with Crippen molar-refractivity contribution in [3.8, 4) is 11.5 Å². The van der Waals surface area contributed by atoms with E-state index in [9.17, 15) is 26.3 Å². The summed E-state index contributed by atoms with van der Waals surface area (Å²) >= 11 is 0. The van der Waals surface area contributed by atoms with Gasteiger partial charge in [-0.05, 0) is 157 Å². The fourth-order valence-corrected chi connectivity index (χ4v) is 9.92. The molecule has 0 amide bonds. The van der Waals surface area contributed by atoms with E-state index >= 15 is 0 Å².